The van der Waals surface area contributed by atoms with Gasteiger partial charge in [-0.25, -0.2) is 13.6 Å². The van der Waals surface area contributed by atoms with E-state index in [1.54, 1.807) is 0 Å². The molecule has 1 rings (SSSR count). The van der Waals surface area contributed by atoms with Crippen LogP contribution in [-0.4, -0.2) is 31.6 Å². The van der Waals surface area contributed by atoms with Gasteiger partial charge in [-0.3, -0.25) is 4.79 Å². The summed E-state index contributed by atoms with van der Waals surface area (Å²) in [5, 5.41) is 4.70. The highest BCUT2D eigenvalue weighted by atomic mass is 35.5. The van der Waals surface area contributed by atoms with Crippen LogP contribution < -0.4 is 10.6 Å². The second-order valence-electron chi connectivity index (χ2n) is 3.90. The van der Waals surface area contributed by atoms with E-state index in [0.29, 0.717) is 6.07 Å². The van der Waals surface area contributed by atoms with Crippen molar-refractivity contribution in [3.8, 4) is 0 Å². The largest absolute Gasteiger partial charge is 0.467 e. The summed E-state index contributed by atoms with van der Waals surface area (Å²) in [5.74, 6) is -2.87. The Morgan fingerprint density at radius 3 is 2.55 bits per heavy atom. The van der Waals surface area contributed by atoms with Gasteiger partial charge in [-0.15, -0.1) is 0 Å². The summed E-state index contributed by atoms with van der Waals surface area (Å²) in [7, 11) is 1.16. The molecule has 0 aliphatic carbocycles. The van der Waals surface area contributed by atoms with E-state index in [1.807, 2.05) is 0 Å². The molecule has 1 aromatic carbocycles. The molecule has 0 spiro atoms. The lowest BCUT2D eigenvalue weighted by Crippen LogP contribution is -2.45. The number of hydrogen-bond donors (Lipinski definition) is 2. The van der Waals surface area contributed by atoms with Gasteiger partial charge in [0.25, 0.3) is 0 Å². The highest BCUT2D eigenvalue weighted by molar-refractivity contribution is 6.33. The highest BCUT2D eigenvalue weighted by Gasteiger charge is 2.21. The second-order valence-corrected chi connectivity index (χ2v) is 4.31. The van der Waals surface area contributed by atoms with E-state index in [1.165, 1.54) is 6.92 Å². The lowest BCUT2D eigenvalue weighted by Gasteiger charge is -2.17. The van der Waals surface area contributed by atoms with Gasteiger partial charge in [0.1, 0.15) is 11.9 Å². The number of hydrogen-bond acceptors (Lipinski definition) is 4. The number of ether oxygens (including phenoxy) is 1. The molecule has 1 aromatic rings. The molecule has 2 N–H and O–H groups in total. The maximum absolute atomic E-state index is 13.5. The number of amides is 1. The first-order valence-electron chi connectivity index (χ1n) is 5.58. The smallest absolute Gasteiger partial charge is 0.330 e. The van der Waals surface area contributed by atoms with Crippen molar-refractivity contribution in [1.29, 1.82) is 0 Å². The first-order valence-corrected chi connectivity index (χ1v) is 5.96. The van der Waals surface area contributed by atoms with Crippen molar-refractivity contribution in [3.05, 3.63) is 28.8 Å². The average Bonchev–Trinajstić information content (AvgIpc) is 2.34. The Kier molecular flexibility index (Phi) is 5.69. The van der Waals surface area contributed by atoms with Gasteiger partial charge in [-0.2, -0.15) is 0 Å². The molecular weight excluding hydrogens is 294 g/mol. The van der Waals surface area contributed by atoms with Crippen LogP contribution in [0.5, 0.6) is 0 Å². The zero-order valence-corrected chi connectivity index (χ0v) is 11.6. The molecule has 0 saturated carbocycles. The molecule has 0 heterocycles. The van der Waals surface area contributed by atoms with Gasteiger partial charge in [0.05, 0.1) is 17.8 Å². The van der Waals surface area contributed by atoms with E-state index in [9.17, 15) is 18.4 Å². The van der Waals surface area contributed by atoms with E-state index < -0.39 is 29.6 Å². The quantitative estimate of drug-likeness (QED) is 0.813. The first kappa shape index (κ1) is 16.2. The van der Waals surface area contributed by atoms with Crippen molar-refractivity contribution in [2.45, 2.75) is 13.0 Å². The summed E-state index contributed by atoms with van der Waals surface area (Å²) in [6.07, 6.45) is 0. The number of nitrogens with one attached hydrogen (secondary N) is 2. The van der Waals surface area contributed by atoms with Crippen molar-refractivity contribution < 1.29 is 23.1 Å². The Hall–Kier alpha value is -1.89. The Morgan fingerprint density at radius 2 is 2.05 bits per heavy atom. The highest BCUT2D eigenvalue weighted by Crippen LogP contribution is 2.26. The van der Waals surface area contributed by atoms with E-state index in [0.717, 1.165) is 13.2 Å². The molecule has 1 atom stereocenters. The monoisotopic (exact) mass is 306 g/mol. The summed E-state index contributed by atoms with van der Waals surface area (Å²) < 4.78 is 30.9. The van der Waals surface area contributed by atoms with Gasteiger partial charge in [0, 0.05) is 19.5 Å². The predicted octanol–water partition coefficient (Wildman–Crippen LogP) is 1.71. The molecule has 0 fully saturated rings. The Labute approximate surface area is 119 Å². The number of halogens is 3. The molecule has 20 heavy (non-hydrogen) atoms. The van der Waals surface area contributed by atoms with Crippen LogP contribution in [0.1, 0.15) is 6.92 Å². The van der Waals surface area contributed by atoms with Gasteiger partial charge in [-0.05, 0) is 6.07 Å². The van der Waals surface area contributed by atoms with Gasteiger partial charge in [0.15, 0.2) is 5.82 Å². The van der Waals surface area contributed by atoms with Gasteiger partial charge >= 0.3 is 5.97 Å². The van der Waals surface area contributed by atoms with Gasteiger partial charge in [-0.1, -0.05) is 11.6 Å². The summed E-state index contributed by atoms with van der Waals surface area (Å²) >= 11 is 5.69. The maximum atomic E-state index is 13.5. The van der Waals surface area contributed by atoms with Gasteiger partial charge < -0.3 is 15.4 Å². The second kappa shape index (κ2) is 7.04. The van der Waals surface area contributed by atoms with Crippen LogP contribution in [0.15, 0.2) is 12.1 Å². The van der Waals surface area contributed by atoms with Crippen molar-refractivity contribution in [3.63, 3.8) is 0 Å². The Morgan fingerprint density at radius 1 is 1.40 bits per heavy atom. The molecule has 0 aliphatic rings. The molecule has 1 amide bonds. The minimum atomic E-state index is -1.02. The summed E-state index contributed by atoms with van der Waals surface area (Å²) in [6.45, 7) is 1.07. The normalized spacial score (nSPS) is 11.7. The van der Waals surface area contributed by atoms with E-state index >= 15 is 0 Å². The number of methoxy groups -OCH3 is 1. The molecule has 0 aromatic heterocycles. The molecule has 1 unspecified atom stereocenters. The fourth-order valence-corrected chi connectivity index (χ4v) is 1.76. The van der Waals surface area contributed by atoms with E-state index in [4.69, 9.17) is 11.6 Å². The van der Waals surface area contributed by atoms with E-state index in [-0.39, 0.29) is 17.3 Å². The number of carbonyl (C=O) groups excluding carboxylic acids is 2. The lowest BCUT2D eigenvalue weighted by molar-refractivity contribution is -0.144. The van der Waals surface area contributed by atoms with Crippen LogP contribution in [-0.2, 0) is 14.3 Å². The minimum Gasteiger partial charge on any atom is -0.467 e. The standard InChI is InChI=1S/C12H13ClF2N2O3/c1-6(18)17-10(12(19)20-2)5-16-11-8(13)3-7(14)4-9(11)15/h3-4,10,16H,5H2,1-2H3,(H,17,18). The van der Waals surface area contributed by atoms with Crippen LogP contribution in [0.4, 0.5) is 14.5 Å². The van der Waals surface area contributed by atoms with Gasteiger partial charge in [0.2, 0.25) is 5.91 Å². The Bertz CT molecular complexity index is 502. The van der Waals surface area contributed by atoms with Crippen LogP contribution in [0.2, 0.25) is 5.02 Å². The summed E-state index contributed by atoms with van der Waals surface area (Å²) in [6, 6.07) is 0.566. The molecule has 110 valence electrons. The number of esters is 1. The zero-order chi connectivity index (χ0) is 15.3. The molecule has 0 radical (unpaired) electrons. The lowest BCUT2D eigenvalue weighted by atomic mass is 10.2. The third kappa shape index (κ3) is 4.34. The van der Waals surface area contributed by atoms with Crippen molar-refractivity contribution >= 4 is 29.2 Å². The maximum Gasteiger partial charge on any atom is 0.330 e. The molecular formula is C12H13ClF2N2O3. The molecule has 0 saturated heterocycles. The number of benzene rings is 1. The number of carbonyl (C=O) groups is 2. The summed E-state index contributed by atoms with van der Waals surface area (Å²) in [5.41, 5.74) is -0.160. The third-order valence-corrected chi connectivity index (χ3v) is 2.65. The van der Waals surface area contributed by atoms with E-state index in [2.05, 4.69) is 15.4 Å². The third-order valence-electron chi connectivity index (χ3n) is 2.35. The molecule has 0 aliphatic heterocycles. The fraction of sp³-hybridized carbons (Fsp3) is 0.333. The SMILES string of the molecule is COC(=O)C(CNc1c(F)cc(F)cc1Cl)NC(C)=O. The van der Waals surface area contributed by atoms with Crippen LogP contribution in [0.3, 0.4) is 0 Å². The average molecular weight is 307 g/mol. The van der Waals surface area contributed by atoms with Crippen LogP contribution in [0, 0.1) is 11.6 Å². The molecule has 5 nitrogen and oxygen atoms in total. The van der Waals surface area contributed by atoms with Crippen LogP contribution >= 0.6 is 11.6 Å². The van der Waals surface area contributed by atoms with Crippen molar-refractivity contribution in [2.24, 2.45) is 0 Å². The number of anilines is 1. The zero-order valence-electron chi connectivity index (χ0n) is 10.8. The predicted molar refractivity (Wildman–Crippen MR) is 69.5 cm³/mol. The van der Waals surface area contributed by atoms with Crippen molar-refractivity contribution in [2.75, 3.05) is 19.0 Å². The topological polar surface area (TPSA) is 67.4 Å². The minimum absolute atomic E-state index is 0.158. The molecule has 0 bridgehead atoms. The molecule has 8 heteroatoms. The Balaban J connectivity index is 2.82. The van der Waals surface area contributed by atoms with Crippen molar-refractivity contribution in [1.82, 2.24) is 5.32 Å². The number of rotatable bonds is 5. The fourth-order valence-electron chi connectivity index (χ4n) is 1.50. The summed E-state index contributed by atoms with van der Waals surface area (Å²) in [4.78, 5) is 22.4. The first-order chi connectivity index (χ1) is 9.35. The van der Waals surface area contributed by atoms with Crippen LogP contribution in [0.25, 0.3) is 0 Å².